The fourth-order valence-corrected chi connectivity index (χ4v) is 3.73. The lowest BCUT2D eigenvalue weighted by Gasteiger charge is -2.15. The highest BCUT2D eigenvalue weighted by atomic mass is 32.1. The number of amides is 1. The van der Waals surface area contributed by atoms with Crippen molar-refractivity contribution >= 4 is 32.6 Å². The predicted octanol–water partition coefficient (Wildman–Crippen LogP) is 3.97. The molecular weight excluding hydrogens is 330 g/mol. The van der Waals surface area contributed by atoms with Crippen LogP contribution in [0.1, 0.15) is 22.3 Å². The Balaban J connectivity index is 1.64. The van der Waals surface area contributed by atoms with Crippen LogP contribution in [0.5, 0.6) is 0 Å². The van der Waals surface area contributed by atoms with Gasteiger partial charge >= 0.3 is 0 Å². The number of carbonyl (C=O) groups excluding carboxylic acids is 1. The van der Waals surface area contributed by atoms with Crippen LogP contribution < -0.4 is 10.2 Å². The van der Waals surface area contributed by atoms with E-state index in [2.05, 4.69) is 50.4 Å². The summed E-state index contributed by atoms with van der Waals surface area (Å²) in [4.78, 5) is 18.9. The van der Waals surface area contributed by atoms with Crippen LogP contribution in [0.25, 0.3) is 10.2 Å². The van der Waals surface area contributed by atoms with Crippen LogP contribution in [0.3, 0.4) is 0 Å². The minimum Gasteiger partial charge on any atom is -0.350 e. The summed E-state index contributed by atoms with van der Waals surface area (Å²) in [6.45, 7) is 7.06. The summed E-state index contributed by atoms with van der Waals surface area (Å²) in [6.07, 6.45) is 0. The molecule has 0 saturated heterocycles. The van der Waals surface area contributed by atoms with Crippen molar-refractivity contribution in [2.75, 3.05) is 18.5 Å². The molecular formula is C20H23N3OS. The summed E-state index contributed by atoms with van der Waals surface area (Å²) >= 11 is 1.64. The molecule has 1 amide bonds. The van der Waals surface area contributed by atoms with Gasteiger partial charge in [-0.05, 0) is 37.5 Å². The zero-order chi connectivity index (χ0) is 18.0. The van der Waals surface area contributed by atoms with E-state index in [-0.39, 0.29) is 5.91 Å². The second-order valence-electron chi connectivity index (χ2n) is 6.49. The van der Waals surface area contributed by atoms with Gasteiger partial charge in [-0.15, -0.1) is 0 Å². The van der Waals surface area contributed by atoms with Gasteiger partial charge in [-0.1, -0.05) is 53.3 Å². The van der Waals surface area contributed by atoms with E-state index in [0.29, 0.717) is 13.1 Å². The molecule has 0 radical (unpaired) electrons. The van der Waals surface area contributed by atoms with E-state index in [1.807, 2.05) is 24.1 Å². The third kappa shape index (κ3) is 3.99. The van der Waals surface area contributed by atoms with Crippen LogP contribution in [-0.4, -0.2) is 24.5 Å². The monoisotopic (exact) mass is 353 g/mol. The number of likely N-dealkylation sites (N-methyl/N-ethyl adjacent to an activating group) is 1. The van der Waals surface area contributed by atoms with Gasteiger partial charge in [0.15, 0.2) is 5.13 Å². The van der Waals surface area contributed by atoms with Gasteiger partial charge in [-0.3, -0.25) is 4.79 Å². The van der Waals surface area contributed by atoms with Crippen LogP contribution in [0.2, 0.25) is 0 Å². The minimum atomic E-state index is -0.00391. The average Bonchev–Trinajstić information content (AvgIpc) is 3.05. The first-order chi connectivity index (χ1) is 11.9. The number of rotatable bonds is 5. The maximum absolute atomic E-state index is 12.2. The van der Waals surface area contributed by atoms with Crippen molar-refractivity contribution in [3.63, 3.8) is 0 Å². The topological polar surface area (TPSA) is 45.2 Å². The van der Waals surface area contributed by atoms with Gasteiger partial charge in [0.1, 0.15) is 0 Å². The van der Waals surface area contributed by atoms with Crippen LogP contribution in [-0.2, 0) is 11.3 Å². The molecule has 2 aromatic carbocycles. The molecule has 0 aliphatic rings. The SMILES string of the molecule is Cc1ccc(CNC(=O)CN(C)c2nc3c(C)ccc(C)c3s2)cc1. The molecule has 3 rings (SSSR count). The van der Waals surface area contributed by atoms with E-state index in [1.165, 1.54) is 21.4 Å². The Morgan fingerprint density at radius 2 is 1.76 bits per heavy atom. The maximum Gasteiger partial charge on any atom is 0.239 e. The van der Waals surface area contributed by atoms with Gasteiger partial charge in [0.05, 0.1) is 16.8 Å². The molecule has 1 aromatic heterocycles. The number of hydrogen-bond acceptors (Lipinski definition) is 4. The van der Waals surface area contributed by atoms with Crippen molar-refractivity contribution in [3.8, 4) is 0 Å². The van der Waals surface area contributed by atoms with Gasteiger partial charge < -0.3 is 10.2 Å². The first kappa shape index (κ1) is 17.4. The highest BCUT2D eigenvalue weighted by Gasteiger charge is 2.14. The third-order valence-corrected chi connectivity index (χ3v) is 5.55. The predicted molar refractivity (Wildman–Crippen MR) is 105 cm³/mol. The normalized spacial score (nSPS) is 10.9. The Hall–Kier alpha value is -2.40. The summed E-state index contributed by atoms with van der Waals surface area (Å²) in [5, 5.41) is 3.84. The molecule has 0 fully saturated rings. The van der Waals surface area contributed by atoms with Gasteiger partial charge in [0.2, 0.25) is 5.91 Å². The lowest BCUT2D eigenvalue weighted by atomic mass is 10.1. The summed E-state index contributed by atoms with van der Waals surface area (Å²) in [6, 6.07) is 12.4. The lowest BCUT2D eigenvalue weighted by Crippen LogP contribution is -2.34. The zero-order valence-corrected chi connectivity index (χ0v) is 15.9. The van der Waals surface area contributed by atoms with Crippen molar-refractivity contribution in [2.24, 2.45) is 0 Å². The van der Waals surface area contributed by atoms with Crippen LogP contribution in [0, 0.1) is 20.8 Å². The van der Waals surface area contributed by atoms with Crippen LogP contribution in [0.15, 0.2) is 36.4 Å². The maximum atomic E-state index is 12.2. The number of hydrogen-bond donors (Lipinski definition) is 1. The number of anilines is 1. The van der Waals surface area contributed by atoms with Crippen molar-refractivity contribution in [1.82, 2.24) is 10.3 Å². The fourth-order valence-electron chi connectivity index (χ4n) is 2.66. The summed E-state index contributed by atoms with van der Waals surface area (Å²) in [7, 11) is 1.91. The molecule has 4 nitrogen and oxygen atoms in total. The standard InChI is InChI=1S/C20H23N3OS/c1-13-5-9-16(10-6-13)11-21-17(24)12-23(4)20-22-18-14(2)7-8-15(3)19(18)25-20/h5-10H,11-12H2,1-4H3,(H,21,24). The zero-order valence-electron chi connectivity index (χ0n) is 15.1. The molecule has 0 aliphatic carbocycles. The average molecular weight is 353 g/mol. The molecule has 1 N–H and O–H groups in total. The van der Waals surface area contributed by atoms with Crippen molar-refractivity contribution in [3.05, 3.63) is 58.7 Å². The third-order valence-electron chi connectivity index (χ3n) is 4.25. The molecule has 0 bridgehead atoms. The Morgan fingerprint density at radius 1 is 1.08 bits per heavy atom. The molecule has 25 heavy (non-hydrogen) atoms. The summed E-state index contributed by atoms with van der Waals surface area (Å²) in [5.41, 5.74) is 5.75. The number of benzene rings is 2. The molecule has 0 unspecified atom stereocenters. The van der Waals surface area contributed by atoms with E-state index in [4.69, 9.17) is 4.98 Å². The number of nitrogens with one attached hydrogen (secondary N) is 1. The molecule has 0 spiro atoms. The number of aryl methyl sites for hydroxylation is 3. The molecule has 1 heterocycles. The Morgan fingerprint density at radius 3 is 2.44 bits per heavy atom. The second-order valence-corrected chi connectivity index (χ2v) is 7.47. The highest BCUT2D eigenvalue weighted by Crippen LogP contribution is 2.32. The van der Waals surface area contributed by atoms with Gasteiger partial charge in [-0.2, -0.15) is 0 Å². The van der Waals surface area contributed by atoms with Gasteiger partial charge in [-0.25, -0.2) is 4.98 Å². The van der Waals surface area contributed by atoms with Crippen molar-refractivity contribution < 1.29 is 4.79 Å². The first-order valence-electron chi connectivity index (χ1n) is 8.34. The molecule has 0 atom stereocenters. The number of fused-ring (bicyclic) bond motifs is 1. The Kier molecular flexibility index (Phi) is 5.04. The summed E-state index contributed by atoms with van der Waals surface area (Å²) in [5.74, 6) is -0.00391. The largest absolute Gasteiger partial charge is 0.350 e. The Bertz CT molecular complexity index is 860. The number of thiazole rings is 1. The smallest absolute Gasteiger partial charge is 0.239 e. The molecule has 130 valence electrons. The number of carbonyl (C=O) groups is 1. The van der Waals surface area contributed by atoms with Gasteiger partial charge in [0, 0.05) is 13.6 Å². The van der Waals surface area contributed by atoms with E-state index >= 15 is 0 Å². The molecule has 3 aromatic rings. The fraction of sp³-hybridized carbons (Fsp3) is 0.300. The van der Waals surface area contributed by atoms with Crippen molar-refractivity contribution in [2.45, 2.75) is 27.3 Å². The first-order valence-corrected chi connectivity index (χ1v) is 9.16. The molecule has 0 aliphatic heterocycles. The quantitative estimate of drug-likeness (QED) is 0.755. The number of aromatic nitrogens is 1. The Labute approximate surface area is 152 Å². The van der Waals surface area contributed by atoms with E-state index in [9.17, 15) is 4.79 Å². The molecule has 0 saturated carbocycles. The van der Waals surface area contributed by atoms with Crippen LogP contribution >= 0.6 is 11.3 Å². The van der Waals surface area contributed by atoms with E-state index < -0.39 is 0 Å². The van der Waals surface area contributed by atoms with Crippen LogP contribution in [0.4, 0.5) is 5.13 Å². The minimum absolute atomic E-state index is 0.00391. The van der Waals surface area contributed by atoms with Crippen molar-refractivity contribution in [1.29, 1.82) is 0 Å². The lowest BCUT2D eigenvalue weighted by molar-refractivity contribution is -0.119. The van der Waals surface area contributed by atoms with Gasteiger partial charge in [0.25, 0.3) is 0 Å². The molecule has 5 heteroatoms. The highest BCUT2D eigenvalue weighted by molar-refractivity contribution is 7.22. The van der Waals surface area contributed by atoms with E-state index in [0.717, 1.165) is 16.2 Å². The second kappa shape index (κ2) is 7.23. The number of nitrogens with zero attached hydrogens (tertiary/aromatic N) is 2. The summed E-state index contributed by atoms with van der Waals surface area (Å²) < 4.78 is 1.20. The van der Waals surface area contributed by atoms with E-state index in [1.54, 1.807) is 11.3 Å².